The van der Waals surface area contributed by atoms with Gasteiger partial charge in [0.15, 0.2) is 5.13 Å². The molecule has 1 aliphatic rings. The third-order valence-corrected chi connectivity index (χ3v) is 7.29. The summed E-state index contributed by atoms with van der Waals surface area (Å²) in [7, 11) is 0. The quantitative estimate of drug-likeness (QED) is 0.223. The predicted molar refractivity (Wildman–Crippen MR) is 156 cm³/mol. The van der Waals surface area contributed by atoms with Crippen LogP contribution in [0.25, 0.3) is 0 Å². The van der Waals surface area contributed by atoms with Gasteiger partial charge < -0.3 is 16.0 Å². The summed E-state index contributed by atoms with van der Waals surface area (Å²) >= 11 is 7.42. The smallest absolute Gasteiger partial charge is 0.328 e. The standard InChI is InChI=1S/C27H25ClN8O3S/c1-15-6-5-8-18(28)24(15)35-25(38)20-14-30-26(40-20)33-22-12-21(31-16(2)32-22)29-13-17-7-3-4-9-19(17)36-11-10-23(37)34-27(36)39/h3-9,12,14H,10-11,13H2,1-2H3,(H,35,38)(H,34,37,39)(H2,29,30,31,32,33). The van der Waals surface area contributed by atoms with E-state index in [9.17, 15) is 14.4 Å². The summed E-state index contributed by atoms with van der Waals surface area (Å²) in [6.07, 6.45) is 1.73. The van der Waals surface area contributed by atoms with Crippen molar-refractivity contribution in [1.82, 2.24) is 20.3 Å². The number of carbonyl (C=O) groups excluding carboxylic acids is 3. The van der Waals surface area contributed by atoms with Gasteiger partial charge in [-0.1, -0.05) is 53.3 Å². The van der Waals surface area contributed by atoms with Crippen molar-refractivity contribution in [2.75, 3.05) is 27.4 Å². The molecule has 0 spiro atoms. The number of hydrogen-bond donors (Lipinski definition) is 4. The Bertz CT molecular complexity index is 1590. The Balaban J connectivity index is 1.26. The van der Waals surface area contributed by atoms with Gasteiger partial charge in [-0.2, -0.15) is 0 Å². The summed E-state index contributed by atoms with van der Waals surface area (Å²) in [5, 5.41) is 12.6. The average Bonchev–Trinajstić information content (AvgIpc) is 3.38. The molecule has 40 heavy (non-hydrogen) atoms. The van der Waals surface area contributed by atoms with Crippen molar-refractivity contribution >= 4 is 68.9 Å². The Hall–Kier alpha value is -4.55. The number of anilines is 5. The number of nitrogens with one attached hydrogen (secondary N) is 4. The highest BCUT2D eigenvalue weighted by Crippen LogP contribution is 2.28. The van der Waals surface area contributed by atoms with Crippen LogP contribution in [0.15, 0.2) is 54.7 Å². The monoisotopic (exact) mass is 576 g/mol. The maximum absolute atomic E-state index is 12.8. The summed E-state index contributed by atoms with van der Waals surface area (Å²) in [5.41, 5.74) is 3.00. The van der Waals surface area contributed by atoms with E-state index in [1.54, 1.807) is 24.0 Å². The number of imide groups is 1. The van der Waals surface area contributed by atoms with Crippen LogP contribution in [0, 0.1) is 13.8 Å². The molecule has 0 radical (unpaired) electrons. The van der Waals surface area contributed by atoms with E-state index in [0.717, 1.165) is 11.1 Å². The van der Waals surface area contributed by atoms with E-state index < -0.39 is 6.03 Å². The van der Waals surface area contributed by atoms with Crippen LogP contribution < -0.4 is 26.2 Å². The van der Waals surface area contributed by atoms with E-state index in [2.05, 4.69) is 36.2 Å². The van der Waals surface area contributed by atoms with Crippen LogP contribution in [-0.4, -0.2) is 39.3 Å². The van der Waals surface area contributed by atoms with Crippen molar-refractivity contribution in [2.45, 2.75) is 26.8 Å². The molecule has 5 rings (SSSR count). The minimum absolute atomic E-state index is 0.243. The lowest BCUT2D eigenvalue weighted by Gasteiger charge is -2.28. The summed E-state index contributed by atoms with van der Waals surface area (Å²) < 4.78 is 0. The Labute approximate surface area is 239 Å². The summed E-state index contributed by atoms with van der Waals surface area (Å²) in [6.45, 7) is 4.34. The Morgan fingerprint density at radius 2 is 1.90 bits per heavy atom. The molecule has 1 saturated heterocycles. The first-order valence-electron chi connectivity index (χ1n) is 12.3. The normalized spacial score (nSPS) is 13.1. The number of para-hydroxylation sites is 2. The number of aryl methyl sites for hydroxylation is 2. The number of hydrogen-bond acceptors (Lipinski definition) is 9. The van der Waals surface area contributed by atoms with Crippen LogP contribution in [0.4, 0.5) is 32.9 Å². The van der Waals surface area contributed by atoms with Gasteiger partial charge >= 0.3 is 6.03 Å². The molecule has 0 bridgehead atoms. The Morgan fingerprint density at radius 1 is 1.10 bits per heavy atom. The van der Waals surface area contributed by atoms with Gasteiger partial charge in [-0.05, 0) is 37.1 Å². The van der Waals surface area contributed by atoms with Crippen molar-refractivity contribution in [3.05, 3.63) is 81.6 Å². The van der Waals surface area contributed by atoms with Crippen molar-refractivity contribution in [3.8, 4) is 0 Å². The molecule has 3 heterocycles. The number of rotatable bonds is 8. The second kappa shape index (κ2) is 11.7. The molecular weight excluding hydrogens is 552 g/mol. The topological polar surface area (TPSA) is 141 Å². The van der Waals surface area contributed by atoms with Gasteiger partial charge in [0.2, 0.25) is 5.91 Å². The Kier molecular flexibility index (Phi) is 7.89. The molecule has 0 saturated carbocycles. The van der Waals surface area contributed by atoms with E-state index in [1.807, 2.05) is 43.3 Å². The van der Waals surface area contributed by atoms with Crippen LogP contribution >= 0.6 is 22.9 Å². The van der Waals surface area contributed by atoms with E-state index in [4.69, 9.17) is 11.6 Å². The molecule has 0 unspecified atom stereocenters. The van der Waals surface area contributed by atoms with Crippen molar-refractivity contribution in [3.63, 3.8) is 0 Å². The highest BCUT2D eigenvalue weighted by molar-refractivity contribution is 7.17. The minimum atomic E-state index is -0.438. The molecule has 0 atom stereocenters. The molecule has 0 aliphatic carbocycles. The molecule has 4 amide bonds. The zero-order chi connectivity index (χ0) is 28.2. The largest absolute Gasteiger partial charge is 0.366 e. The minimum Gasteiger partial charge on any atom is -0.366 e. The maximum atomic E-state index is 12.8. The molecule has 1 fully saturated rings. The lowest BCUT2D eigenvalue weighted by atomic mass is 10.1. The number of benzene rings is 2. The third kappa shape index (κ3) is 6.19. The summed E-state index contributed by atoms with van der Waals surface area (Å²) in [4.78, 5) is 51.9. The average molecular weight is 577 g/mol. The number of halogens is 1. The molecule has 4 aromatic rings. The second-order valence-electron chi connectivity index (χ2n) is 8.96. The van der Waals surface area contributed by atoms with Crippen molar-refractivity contribution in [1.29, 1.82) is 0 Å². The van der Waals surface area contributed by atoms with E-state index in [1.165, 1.54) is 17.5 Å². The van der Waals surface area contributed by atoms with Gasteiger partial charge in [0, 0.05) is 25.6 Å². The fourth-order valence-electron chi connectivity index (χ4n) is 4.14. The first-order chi connectivity index (χ1) is 19.3. The van der Waals surface area contributed by atoms with Gasteiger partial charge in [-0.15, -0.1) is 0 Å². The van der Waals surface area contributed by atoms with Gasteiger partial charge in [0.05, 0.1) is 22.6 Å². The highest BCUT2D eigenvalue weighted by Gasteiger charge is 2.25. The first kappa shape index (κ1) is 27.0. The van der Waals surface area contributed by atoms with Gasteiger partial charge in [-0.25, -0.2) is 19.7 Å². The van der Waals surface area contributed by atoms with E-state index in [0.29, 0.717) is 57.0 Å². The van der Waals surface area contributed by atoms with Crippen LogP contribution in [0.2, 0.25) is 5.02 Å². The number of urea groups is 1. The number of nitrogens with zero attached hydrogens (tertiary/aromatic N) is 4. The second-order valence-corrected chi connectivity index (χ2v) is 10.4. The van der Waals surface area contributed by atoms with Crippen LogP contribution in [0.1, 0.15) is 33.0 Å². The fourth-order valence-corrected chi connectivity index (χ4v) is 5.12. The van der Waals surface area contributed by atoms with Crippen molar-refractivity contribution in [2.24, 2.45) is 0 Å². The van der Waals surface area contributed by atoms with Crippen molar-refractivity contribution < 1.29 is 14.4 Å². The van der Waals surface area contributed by atoms with Gasteiger partial charge in [0.1, 0.15) is 22.3 Å². The summed E-state index contributed by atoms with van der Waals surface area (Å²) in [6, 6.07) is 14.2. The predicted octanol–water partition coefficient (Wildman–Crippen LogP) is 5.26. The molecular formula is C27H25ClN8O3S. The maximum Gasteiger partial charge on any atom is 0.328 e. The lowest BCUT2D eigenvalue weighted by Crippen LogP contribution is -2.49. The van der Waals surface area contributed by atoms with E-state index >= 15 is 0 Å². The SMILES string of the molecule is Cc1nc(NCc2ccccc2N2CCC(=O)NC2=O)cc(Nc2ncc(C(=O)Nc3c(C)cccc3Cl)s2)n1. The Morgan fingerprint density at radius 3 is 2.70 bits per heavy atom. The van der Waals surface area contributed by atoms with Crippen LogP contribution in [-0.2, 0) is 11.3 Å². The molecule has 2 aromatic carbocycles. The molecule has 11 nitrogen and oxygen atoms in total. The van der Waals surface area contributed by atoms with Gasteiger partial charge in [-0.3, -0.25) is 19.8 Å². The van der Waals surface area contributed by atoms with E-state index in [-0.39, 0.29) is 18.2 Å². The lowest BCUT2D eigenvalue weighted by molar-refractivity contribution is -0.120. The number of thiazole rings is 1. The first-order valence-corrected chi connectivity index (χ1v) is 13.5. The van der Waals surface area contributed by atoms with Gasteiger partial charge in [0.25, 0.3) is 5.91 Å². The number of aromatic nitrogens is 3. The zero-order valence-electron chi connectivity index (χ0n) is 21.6. The fraction of sp³-hybridized carbons (Fsp3) is 0.185. The third-order valence-electron chi connectivity index (χ3n) is 6.06. The molecule has 4 N–H and O–H groups in total. The molecule has 2 aromatic heterocycles. The van der Waals surface area contributed by atoms with Crippen LogP contribution in [0.5, 0.6) is 0 Å². The summed E-state index contributed by atoms with van der Waals surface area (Å²) in [5.74, 6) is 0.996. The zero-order valence-corrected chi connectivity index (χ0v) is 23.2. The highest BCUT2D eigenvalue weighted by atomic mass is 35.5. The number of carbonyl (C=O) groups is 3. The number of amides is 4. The van der Waals surface area contributed by atoms with Crippen LogP contribution in [0.3, 0.4) is 0 Å². The molecule has 1 aliphatic heterocycles. The molecule has 204 valence electrons. The molecule has 13 heteroatoms.